The second-order valence-corrected chi connectivity index (χ2v) is 5.56. The van der Waals surface area contributed by atoms with E-state index in [1.165, 1.54) is 22.2 Å². The van der Waals surface area contributed by atoms with Gasteiger partial charge < -0.3 is 15.6 Å². The first-order valence-corrected chi connectivity index (χ1v) is 6.93. The van der Waals surface area contributed by atoms with Crippen molar-refractivity contribution in [1.82, 2.24) is 9.88 Å². The Bertz CT molecular complexity index is 612. The SMILES string of the molecule is NC1Cc2cccc3c4c(n(c23)C1)CCNCC4. The second kappa shape index (κ2) is 3.84. The minimum atomic E-state index is 0.274. The van der Waals surface area contributed by atoms with Crippen LogP contribution in [0.15, 0.2) is 18.2 Å². The van der Waals surface area contributed by atoms with E-state index in [4.69, 9.17) is 5.73 Å². The highest BCUT2D eigenvalue weighted by molar-refractivity contribution is 5.89. The summed E-state index contributed by atoms with van der Waals surface area (Å²) in [5.41, 5.74) is 12.2. The first-order valence-electron chi connectivity index (χ1n) is 6.93. The zero-order valence-electron chi connectivity index (χ0n) is 10.6. The Morgan fingerprint density at radius 3 is 3.06 bits per heavy atom. The molecule has 1 atom stereocenters. The third-order valence-electron chi connectivity index (χ3n) is 4.38. The van der Waals surface area contributed by atoms with Crippen molar-refractivity contribution in [1.29, 1.82) is 0 Å². The zero-order valence-corrected chi connectivity index (χ0v) is 10.6. The maximum absolute atomic E-state index is 6.22. The Balaban J connectivity index is 2.06. The summed E-state index contributed by atoms with van der Waals surface area (Å²) in [6, 6.07) is 7.00. The van der Waals surface area contributed by atoms with E-state index in [0.29, 0.717) is 0 Å². The summed E-state index contributed by atoms with van der Waals surface area (Å²) in [6.45, 7) is 3.18. The summed E-state index contributed by atoms with van der Waals surface area (Å²) in [4.78, 5) is 0. The van der Waals surface area contributed by atoms with E-state index >= 15 is 0 Å². The average Bonchev–Trinajstić information content (AvgIpc) is 2.55. The summed E-state index contributed by atoms with van der Waals surface area (Å²) in [5, 5.41) is 4.97. The van der Waals surface area contributed by atoms with E-state index < -0.39 is 0 Å². The number of aromatic nitrogens is 1. The van der Waals surface area contributed by atoms with Gasteiger partial charge in [0.25, 0.3) is 0 Å². The molecule has 4 rings (SSSR count). The number of nitrogens with zero attached hydrogens (tertiary/aromatic N) is 1. The van der Waals surface area contributed by atoms with Gasteiger partial charge in [0.15, 0.2) is 0 Å². The van der Waals surface area contributed by atoms with Gasteiger partial charge in [0, 0.05) is 36.6 Å². The van der Waals surface area contributed by atoms with Crippen molar-refractivity contribution in [2.45, 2.75) is 31.8 Å². The van der Waals surface area contributed by atoms with Crippen molar-refractivity contribution in [2.75, 3.05) is 13.1 Å². The number of fused-ring (bicyclic) bond motifs is 3. The summed E-state index contributed by atoms with van der Waals surface area (Å²) in [7, 11) is 0. The van der Waals surface area contributed by atoms with Crippen molar-refractivity contribution < 1.29 is 0 Å². The minimum Gasteiger partial charge on any atom is -0.342 e. The summed E-state index contributed by atoms with van der Waals surface area (Å²) in [5.74, 6) is 0. The summed E-state index contributed by atoms with van der Waals surface area (Å²) in [6.07, 6.45) is 3.31. The Morgan fingerprint density at radius 1 is 1.22 bits per heavy atom. The second-order valence-electron chi connectivity index (χ2n) is 5.56. The molecule has 3 heterocycles. The number of nitrogens with one attached hydrogen (secondary N) is 1. The Hall–Kier alpha value is -1.32. The van der Waals surface area contributed by atoms with Crippen LogP contribution in [0.3, 0.4) is 0 Å². The number of nitrogens with two attached hydrogens (primary N) is 1. The molecule has 0 radical (unpaired) electrons. The third-order valence-corrected chi connectivity index (χ3v) is 4.38. The molecule has 0 spiro atoms. The van der Waals surface area contributed by atoms with Crippen LogP contribution in [-0.4, -0.2) is 23.7 Å². The van der Waals surface area contributed by atoms with Gasteiger partial charge in [-0.05, 0) is 30.5 Å². The summed E-state index contributed by atoms with van der Waals surface area (Å²) < 4.78 is 2.50. The van der Waals surface area contributed by atoms with Crippen LogP contribution in [0.2, 0.25) is 0 Å². The van der Waals surface area contributed by atoms with E-state index in [2.05, 4.69) is 28.1 Å². The number of hydrogen-bond donors (Lipinski definition) is 2. The molecule has 0 amide bonds. The van der Waals surface area contributed by atoms with Gasteiger partial charge in [-0.15, -0.1) is 0 Å². The monoisotopic (exact) mass is 241 g/mol. The quantitative estimate of drug-likeness (QED) is 0.728. The van der Waals surface area contributed by atoms with Gasteiger partial charge >= 0.3 is 0 Å². The Kier molecular flexibility index (Phi) is 2.26. The van der Waals surface area contributed by atoms with Gasteiger partial charge in [-0.3, -0.25) is 0 Å². The van der Waals surface area contributed by atoms with Crippen LogP contribution < -0.4 is 11.1 Å². The molecule has 1 aromatic carbocycles. The molecule has 1 unspecified atom stereocenters. The van der Waals surface area contributed by atoms with Crippen molar-refractivity contribution in [3.05, 3.63) is 35.0 Å². The van der Waals surface area contributed by atoms with Crippen molar-refractivity contribution in [3.63, 3.8) is 0 Å². The van der Waals surface area contributed by atoms with E-state index in [-0.39, 0.29) is 6.04 Å². The predicted octanol–water partition coefficient (Wildman–Crippen LogP) is 1.21. The lowest BCUT2D eigenvalue weighted by molar-refractivity contribution is 0.526. The van der Waals surface area contributed by atoms with Crippen molar-refractivity contribution in [2.24, 2.45) is 5.73 Å². The molecule has 0 bridgehead atoms. The molecular weight excluding hydrogens is 222 g/mol. The van der Waals surface area contributed by atoms with Crippen LogP contribution >= 0.6 is 0 Å². The lowest BCUT2D eigenvalue weighted by atomic mass is 9.99. The number of rotatable bonds is 0. The highest BCUT2D eigenvalue weighted by atomic mass is 15.0. The van der Waals surface area contributed by atoms with Crippen LogP contribution in [0.4, 0.5) is 0 Å². The van der Waals surface area contributed by atoms with E-state index in [0.717, 1.165) is 38.9 Å². The first-order chi connectivity index (χ1) is 8.84. The molecule has 3 heteroatoms. The topological polar surface area (TPSA) is 43.0 Å². The molecule has 3 nitrogen and oxygen atoms in total. The molecule has 0 saturated carbocycles. The number of hydrogen-bond acceptors (Lipinski definition) is 2. The van der Waals surface area contributed by atoms with Gasteiger partial charge in [0.05, 0.1) is 5.52 Å². The Labute approximate surface area is 107 Å². The Morgan fingerprint density at radius 2 is 2.11 bits per heavy atom. The van der Waals surface area contributed by atoms with Gasteiger partial charge in [0.2, 0.25) is 0 Å². The third kappa shape index (κ3) is 1.38. The maximum Gasteiger partial charge on any atom is 0.0519 e. The van der Waals surface area contributed by atoms with Gasteiger partial charge in [-0.1, -0.05) is 18.2 Å². The van der Waals surface area contributed by atoms with Crippen LogP contribution in [0, 0.1) is 0 Å². The molecule has 2 aliphatic heterocycles. The van der Waals surface area contributed by atoms with E-state index in [1.54, 1.807) is 5.56 Å². The molecule has 0 fully saturated rings. The molecular formula is C15H19N3. The molecule has 18 heavy (non-hydrogen) atoms. The molecule has 0 saturated heterocycles. The first kappa shape index (κ1) is 10.6. The molecule has 2 aromatic rings. The summed E-state index contributed by atoms with van der Waals surface area (Å²) >= 11 is 0. The molecule has 94 valence electrons. The highest BCUT2D eigenvalue weighted by Crippen LogP contribution is 2.33. The highest BCUT2D eigenvalue weighted by Gasteiger charge is 2.25. The molecule has 0 aliphatic carbocycles. The fourth-order valence-electron chi connectivity index (χ4n) is 3.66. The van der Waals surface area contributed by atoms with Crippen LogP contribution in [0.1, 0.15) is 16.8 Å². The van der Waals surface area contributed by atoms with Crippen LogP contribution in [0.25, 0.3) is 10.9 Å². The minimum absolute atomic E-state index is 0.274. The lowest BCUT2D eigenvalue weighted by Crippen LogP contribution is -2.32. The largest absolute Gasteiger partial charge is 0.342 e. The maximum atomic E-state index is 6.22. The fourth-order valence-corrected chi connectivity index (χ4v) is 3.66. The normalized spacial score (nSPS) is 22.8. The number of para-hydroxylation sites is 1. The zero-order chi connectivity index (χ0) is 12.1. The van der Waals surface area contributed by atoms with Gasteiger partial charge in [0.1, 0.15) is 0 Å². The van der Waals surface area contributed by atoms with Crippen LogP contribution in [0.5, 0.6) is 0 Å². The molecule has 3 N–H and O–H groups in total. The lowest BCUT2D eigenvalue weighted by Gasteiger charge is -2.23. The molecule has 2 aliphatic rings. The van der Waals surface area contributed by atoms with Gasteiger partial charge in [-0.2, -0.15) is 0 Å². The number of benzene rings is 1. The predicted molar refractivity (Wildman–Crippen MR) is 73.9 cm³/mol. The van der Waals surface area contributed by atoms with Gasteiger partial charge in [-0.25, -0.2) is 0 Å². The van der Waals surface area contributed by atoms with Crippen LogP contribution in [-0.2, 0) is 25.8 Å². The van der Waals surface area contributed by atoms with Crippen molar-refractivity contribution in [3.8, 4) is 0 Å². The fraction of sp³-hybridized carbons (Fsp3) is 0.467. The van der Waals surface area contributed by atoms with E-state index in [1.807, 2.05) is 0 Å². The molecule has 1 aromatic heterocycles. The smallest absolute Gasteiger partial charge is 0.0519 e. The standard InChI is InChI=1S/C15H19N3/c16-11-8-10-2-1-3-13-12-4-6-17-7-5-14(12)18(9-11)15(10)13/h1-3,11,17H,4-9,16H2. The van der Waals surface area contributed by atoms with Crippen molar-refractivity contribution >= 4 is 10.9 Å². The van der Waals surface area contributed by atoms with E-state index in [9.17, 15) is 0 Å². The average molecular weight is 241 g/mol.